The number of fused-ring (bicyclic) bond motifs is 3. The monoisotopic (exact) mass is 282 g/mol. The molecule has 21 heavy (non-hydrogen) atoms. The normalized spacial score (nSPS) is 11.0. The fourth-order valence-electron chi connectivity index (χ4n) is 2.49. The van der Waals surface area contributed by atoms with Crippen LogP contribution in [0.25, 0.3) is 21.9 Å². The lowest BCUT2D eigenvalue weighted by Crippen LogP contribution is -2.07. The molecular formula is C16H14N2O3. The number of aromatic nitrogens is 2. The van der Waals surface area contributed by atoms with Gasteiger partial charge in [0.1, 0.15) is 5.65 Å². The van der Waals surface area contributed by atoms with Crippen LogP contribution in [0.4, 0.5) is 0 Å². The molecule has 2 aromatic heterocycles. The van der Waals surface area contributed by atoms with Crippen LogP contribution in [-0.2, 0) is 4.74 Å². The molecule has 0 aliphatic heterocycles. The lowest BCUT2D eigenvalue weighted by atomic mass is 10.1. The minimum absolute atomic E-state index is 0.113. The van der Waals surface area contributed by atoms with Crippen molar-refractivity contribution in [2.75, 3.05) is 6.61 Å². The zero-order chi connectivity index (χ0) is 15.0. The average Bonchev–Trinajstić information content (AvgIpc) is 2.81. The van der Waals surface area contributed by atoms with Crippen LogP contribution in [0.1, 0.15) is 29.0 Å². The van der Waals surface area contributed by atoms with Crippen molar-refractivity contribution in [3.63, 3.8) is 0 Å². The summed E-state index contributed by atoms with van der Waals surface area (Å²) in [5.41, 5.74) is 1.72. The fraction of sp³-hybridized carbons (Fsp3) is 0.188. The number of hydrogen-bond acceptors (Lipinski definition) is 4. The van der Waals surface area contributed by atoms with E-state index in [-0.39, 0.29) is 5.91 Å². The van der Waals surface area contributed by atoms with Crippen molar-refractivity contribution in [3.8, 4) is 0 Å². The van der Waals surface area contributed by atoms with Gasteiger partial charge in [-0.15, -0.1) is 0 Å². The molecule has 0 spiro atoms. The maximum atomic E-state index is 11.9. The van der Waals surface area contributed by atoms with E-state index < -0.39 is 5.97 Å². The minimum Gasteiger partial charge on any atom is -0.462 e. The second-order valence-corrected chi connectivity index (χ2v) is 4.69. The number of para-hydroxylation sites is 1. The van der Waals surface area contributed by atoms with E-state index in [0.717, 1.165) is 16.3 Å². The van der Waals surface area contributed by atoms with Crippen molar-refractivity contribution in [1.29, 1.82) is 0 Å². The number of esters is 1. The summed E-state index contributed by atoms with van der Waals surface area (Å²) < 4.78 is 6.55. The smallest absolute Gasteiger partial charge is 0.339 e. The third-order valence-electron chi connectivity index (χ3n) is 3.34. The summed E-state index contributed by atoms with van der Waals surface area (Å²) in [5, 5.41) is 1.66. The first-order valence-electron chi connectivity index (χ1n) is 6.70. The Morgan fingerprint density at radius 2 is 2.00 bits per heavy atom. The number of benzene rings is 1. The van der Waals surface area contributed by atoms with Gasteiger partial charge in [-0.25, -0.2) is 9.78 Å². The second-order valence-electron chi connectivity index (χ2n) is 4.69. The molecule has 3 rings (SSSR count). The van der Waals surface area contributed by atoms with E-state index >= 15 is 0 Å². The number of carbonyl (C=O) groups excluding carboxylic acids is 2. The summed E-state index contributed by atoms with van der Waals surface area (Å²) >= 11 is 0. The van der Waals surface area contributed by atoms with Gasteiger partial charge in [0, 0.05) is 23.9 Å². The van der Waals surface area contributed by atoms with Gasteiger partial charge in [-0.3, -0.25) is 9.36 Å². The van der Waals surface area contributed by atoms with Crippen molar-refractivity contribution in [1.82, 2.24) is 9.55 Å². The van der Waals surface area contributed by atoms with Crippen LogP contribution in [0.15, 0.2) is 36.5 Å². The summed E-state index contributed by atoms with van der Waals surface area (Å²) in [7, 11) is 0. The van der Waals surface area contributed by atoms with E-state index in [2.05, 4.69) is 4.98 Å². The van der Waals surface area contributed by atoms with E-state index in [9.17, 15) is 9.59 Å². The highest BCUT2D eigenvalue weighted by Gasteiger charge is 2.16. The standard InChI is InChI=1S/C16H14N2O3/c1-3-21-16(20)11-8-13-12-6-4-5-7-14(12)18(10(2)19)15(13)17-9-11/h4-9H,3H2,1-2H3. The second kappa shape index (κ2) is 5.01. The Hall–Kier alpha value is -2.69. The van der Waals surface area contributed by atoms with Gasteiger partial charge in [0.15, 0.2) is 0 Å². The summed E-state index contributed by atoms with van der Waals surface area (Å²) in [6.45, 7) is 3.56. The van der Waals surface area contributed by atoms with Crippen molar-refractivity contribution in [2.24, 2.45) is 0 Å². The zero-order valence-corrected chi connectivity index (χ0v) is 11.8. The Kier molecular flexibility index (Phi) is 3.17. The number of pyridine rings is 1. The van der Waals surface area contributed by atoms with Gasteiger partial charge in [0.2, 0.25) is 5.91 Å². The first-order chi connectivity index (χ1) is 10.1. The molecular weight excluding hydrogens is 268 g/mol. The van der Waals surface area contributed by atoms with Gasteiger partial charge < -0.3 is 4.74 Å². The molecule has 0 bridgehead atoms. The van der Waals surface area contributed by atoms with Crippen molar-refractivity contribution < 1.29 is 14.3 Å². The largest absolute Gasteiger partial charge is 0.462 e. The van der Waals surface area contributed by atoms with E-state index in [1.165, 1.54) is 13.1 Å². The third-order valence-corrected chi connectivity index (χ3v) is 3.34. The maximum absolute atomic E-state index is 11.9. The first-order valence-corrected chi connectivity index (χ1v) is 6.70. The summed E-state index contributed by atoms with van der Waals surface area (Å²) in [6, 6.07) is 9.26. The number of nitrogens with zero attached hydrogens (tertiary/aromatic N) is 2. The van der Waals surface area contributed by atoms with Crippen LogP contribution in [0.3, 0.4) is 0 Å². The van der Waals surface area contributed by atoms with Crippen molar-refractivity contribution in [3.05, 3.63) is 42.1 Å². The Morgan fingerprint density at radius 1 is 1.24 bits per heavy atom. The molecule has 0 N–H and O–H groups in total. The number of carbonyl (C=O) groups is 2. The van der Waals surface area contributed by atoms with E-state index in [4.69, 9.17) is 4.74 Å². The molecule has 0 saturated carbocycles. The van der Waals surface area contributed by atoms with Gasteiger partial charge in [-0.05, 0) is 19.1 Å². The quantitative estimate of drug-likeness (QED) is 0.678. The van der Waals surface area contributed by atoms with Crippen LogP contribution in [0.2, 0.25) is 0 Å². The average molecular weight is 282 g/mol. The summed E-state index contributed by atoms with van der Waals surface area (Å²) in [6.07, 6.45) is 1.44. The Morgan fingerprint density at radius 3 is 2.71 bits per heavy atom. The molecule has 0 aliphatic carbocycles. The topological polar surface area (TPSA) is 61.2 Å². The van der Waals surface area contributed by atoms with Gasteiger partial charge >= 0.3 is 5.97 Å². The molecule has 0 unspecified atom stereocenters. The fourth-order valence-corrected chi connectivity index (χ4v) is 2.49. The highest BCUT2D eigenvalue weighted by Crippen LogP contribution is 2.28. The highest BCUT2D eigenvalue weighted by atomic mass is 16.5. The maximum Gasteiger partial charge on any atom is 0.339 e. The van der Waals surface area contributed by atoms with Gasteiger partial charge in [-0.1, -0.05) is 18.2 Å². The molecule has 0 atom stereocenters. The van der Waals surface area contributed by atoms with Crippen LogP contribution >= 0.6 is 0 Å². The highest BCUT2D eigenvalue weighted by molar-refractivity contribution is 6.13. The van der Waals surface area contributed by atoms with Gasteiger partial charge in [-0.2, -0.15) is 0 Å². The molecule has 3 aromatic rings. The molecule has 106 valence electrons. The molecule has 0 fully saturated rings. The van der Waals surface area contributed by atoms with Gasteiger partial charge in [0.05, 0.1) is 17.7 Å². The Bertz CT molecular complexity index is 864. The van der Waals surface area contributed by atoms with Crippen molar-refractivity contribution >= 4 is 33.8 Å². The third kappa shape index (κ3) is 2.07. The summed E-state index contributed by atoms with van der Waals surface area (Å²) in [4.78, 5) is 28.0. The number of ether oxygens (including phenoxy) is 1. The molecule has 0 saturated heterocycles. The van der Waals surface area contributed by atoms with Crippen molar-refractivity contribution in [2.45, 2.75) is 13.8 Å². The Labute approximate surface area is 121 Å². The molecule has 2 heterocycles. The van der Waals surface area contributed by atoms with Crippen LogP contribution in [-0.4, -0.2) is 28.0 Å². The minimum atomic E-state index is -0.411. The van der Waals surface area contributed by atoms with E-state index in [1.54, 1.807) is 17.6 Å². The number of rotatable bonds is 2. The molecule has 0 amide bonds. The predicted molar refractivity (Wildman–Crippen MR) is 79.5 cm³/mol. The number of hydrogen-bond donors (Lipinski definition) is 0. The Balaban J connectivity index is 2.33. The van der Waals surface area contributed by atoms with E-state index in [0.29, 0.717) is 17.8 Å². The zero-order valence-electron chi connectivity index (χ0n) is 11.8. The lowest BCUT2D eigenvalue weighted by Gasteiger charge is -2.02. The lowest BCUT2D eigenvalue weighted by molar-refractivity contribution is 0.0526. The molecule has 0 aliphatic rings. The molecule has 5 heteroatoms. The van der Waals surface area contributed by atoms with Crippen LogP contribution in [0, 0.1) is 0 Å². The molecule has 1 aromatic carbocycles. The summed E-state index contributed by atoms with van der Waals surface area (Å²) in [5.74, 6) is -0.524. The first kappa shape index (κ1) is 13.3. The van der Waals surface area contributed by atoms with Gasteiger partial charge in [0.25, 0.3) is 0 Å². The predicted octanol–water partition coefficient (Wildman–Crippen LogP) is 3.03. The van der Waals surface area contributed by atoms with Crippen LogP contribution < -0.4 is 0 Å². The molecule has 5 nitrogen and oxygen atoms in total. The van der Waals surface area contributed by atoms with E-state index in [1.807, 2.05) is 24.3 Å². The van der Waals surface area contributed by atoms with Crippen LogP contribution in [0.5, 0.6) is 0 Å². The SMILES string of the molecule is CCOC(=O)c1cnc2c(c1)c1ccccc1n2C(C)=O. The molecule has 0 radical (unpaired) electrons.